The first-order valence-corrected chi connectivity index (χ1v) is 12.5. The smallest absolute Gasteiger partial charge is 0.330 e. The maximum absolute atomic E-state index is 12.6. The van der Waals surface area contributed by atoms with Gasteiger partial charge in [-0.25, -0.2) is 4.79 Å². The van der Waals surface area contributed by atoms with Crippen molar-refractivity contribution in [3.8, 4) is 11.8 Å². The Morgan fingerprint density at radius 1 is 0.821 bits per heavy atom. The number of benzene rings is 5. The number of H-pyrrole nitrogens is 1. The standard InChI is InChI=1S/C31H22N2O6/c34-15-24-27(35)28(36)30(39-24)33-14-19(29(37)32-31(33)38)11-10-16-12-18-6-3-8-21-20-7-1-4-17-5-2-9-22(25(17)20)23(13-16)26(18)21/h1-9,12-14,24,27-28,30,34-36H,15H2,(H,32,37,38)/t24-,27-,28+,30-/m1/s1. The van der Waals surface area contributed by atoms with Crippen LogP contribution in [-0.4, -0.2) is 49.8 Å². The van der Waals surface area contributed by atoms with Crippen LogP contribution < -0.4 is 11.2 Å². The fourth-order valence-electron chi connectivity index (χ4n) is 5.74. The van der Waals surface area contributed by atoms with Crippen LogP contribution >= 0.6 is 0 Å². The van der Waals surface area contributed by atoms with Crippen LogP contribution in [0.2, 0.25) is 0 Å². The van der Waals surface area contributed by atoms with Gasteiger partial charge in [-0.3, -0.25) is 14.3 Å². The van der Waals surface area contributed by atoms with Gasteiger partial charge in [0.15, 0.2) is 6.23 Å². The minimum Gasteiger partial charge on any atom is -0.394 e. The van der Waals surface area contributed by atoms with E-state index in [0.29, 0.717) is 5.56 Å². The molecule has 0 spiro atoms. The Kier molecular flexibility index (Phi) is 5.30. The van der Waals surface area contributed by atoms with Gasteiger partial charge in [0.1, 0.15) is 23.9 Å². The van der Waals surface area contributed by atoms with E-state index in [2.05, 4.69) is 53.2 Å². The second-order valence-electron chi connectivity index (χ2n) is 9.82. The summed E-state index contributed by atoms with van der Waals surface area (Å²) in [6.07, 6.45) is -4.00. The summed E-state index contributed by atoms with van der Waals surface area (Å²) in [5.41, 5.74) is -0.827. The molecule has 8 heteroatoms. The van der Waals surface area contributed by atoms with E-state index in [0.717, 1.165) is 36.9 Å². The van der Waals surface area contributed by atoms with Gasteiger partial charge in [-0.1, -0.05) is 66.4 Å². The van der Waals surface area contributed by atoms with Crippen molar-refractivity contribution >= 4 is 43.1 Å². The van der Waals surface area contributed by atoms with Gasteiger partial charge in [0.05, 0.1) is 6.61 Å². The lowest BCUT2D eigenvalue weighted by atomic mass is 9.89. The van der Waals surface area contributed by atoms with Gasteiger partial charge in [0.2, 0.25) is 0 Å². The van der Waals surface area contributed by atoms with Crippen molar-refractivity contribution in [2.24, 2.45) is 0 Å². The lowest BCUT2D eigenvalue weighted by Gasteiger charge is -2.17. The molecule has 6 aromatic rings. The molecule has 1 aromatic heterocycles. The highest BCUT2D eigenvalue weighted by Crippen LogP contribution is 2.40. The number of ether oxygens (including phenoxy) is 1. The fourth-order valence-corrected chi connectivity index (χ4v) is 5.74. The first kappa shape index (κ1) is 23.6. The van der Waals surface area contributed by atoms with Crippen LogP contribution in [0.3, 0.4) is 0 Å². The van der Waals surface area contributed by atoms with Gasteiger partial charge in [-0.05, 0) is 55.2 Å². The SMILES string of the molecule is O=c1[nH]c(=O)n([C@@H]2O[C@H](CO)[C@@H](O)[C@@H]2O)cc1C#Cc1cc2cccc3c4cccc5cccc(c(c1)c23)c54. The molecule has 7 rings (SSSR count). The monoisotopic (exact) mass is 518 g/mol. The average Bonchev–Trinajstić information content (AvgIpc) is 3.23. The minimum atomic E-state index is -1.47. The van der Waals surface area contributed by atoms with Gasteiger partial charge in [0, 0.05) is 11.8 Å². The van der Waals surface area contributed by atoms with Crippen molar-refractivity contribution in [2.75, 3.05) is 6.61 Å². The Morgan fingerprint density at radius 3 is 2.13 bits per heavy atom. The van der Waals surface area contributed by atoms with E-state index < -0.39 is 42.4 Å². The second kappa shape index (κ2) is 8.76. The highest BCUT2D eigenvalue weighted by atomic mass is 16.6. The maximum atomic E-state index is 12.6. The van der Waals surface area contributed by atoms with Crippen molar-refractivity contribution < 1.29 is 20.1 Å². The topological polar surface area (TPSA) is 125 Å². The second-order valence-corrected chi connectivity index (χ2v) is 9.82. The number of fused-ring (bicyclic) bond motifs is 2. The lowest BCUT2D eigenvalue weighted by molar-refractivity contribution is -0.0550. The van der Waals surface area contributed by atoms with Crippen molar-refractivity contribution in [3.63, 3.8) is 0 Å². The highest BCUT2D eigenvalue weighted by molar-refractivity contribution is 6.33. The third-order valence-corrected chi connectivity index (χ3v) is 7.56. The predicted molar refractivity (Wildman–Crippen MR) is 148 cm³/mol. The van der Waals surface area contributed by atoms with E-state index in [4.69, 9.17) is 4.74 Å². The zero-order valence-electron chi connectivity index (χ0n) is 20.5. The van der Waals surface area contributed by atoms with Gasteiger partial charge in [-0.15, -0.1) is 0 Å². The molecule has 39 heavy (non-hydrogen) atoms. The van der Waals surface area contributed by atoms with Crippen molar-refractivity contribution in [3.05, 3.63) is 105 Å². The quantitative estimate of drug-likeness (QED) is 0.159. The van der Waals surface area contributed by atoms with Crippen LogP contribution in [0.5, 0.6) is 0 Å². The molecule has 1 aliphatic rings. The molecule has 1 fully saturated rings. The molecule has 0 saturated carbocycles. The summed E-state index contributed by atoms with van der Waals surface area (Å²) in [5.74, 6) is 5.93. The number of hydrogen-bond acceptors (Lipinski definition) is 6. The maximum Gasteiger partial charge on any atom is 0.330 e. The fraction of sp³-hybridized carbons (Fsp3) is 0.161. The third-order valence-electron chi connectivity index (χ3n) is 7.56. The molecule has 8 nitrogen and oxygen atoms in total. The zero-order valence-corrected chi connectivity index (χ0v) is 20.5. The van der Waals surface area contributed by atoms with Gasteiger partial charge < -0.3 is 20.1 Å². The van der Waals surface area contributed by atoms with Crippen LogP contribution in [0.25, 0.3) is 43.1 Å². The number of aromatic amines is 1. The van der Waals surface area contributed by atoms with Crippen LogP contribution in [-0.2, 0) is 4.74 Å². The normalized spacial score (nSPS) is 21.2. The molecule has 0 radical (unpaired) electrons. The average molecular weight is 519 g/mol. The predicted octanol–water partition coefficient (Wildman–Crippen LogP) is 2.60. The molecule has 1 aliphatic heterocycles. The Balaban J connectivity index is 1.39. The lowest BCUT2D eigenvalue weighted by Crippen LogP contribution is -2.38. The van der Waals surface area contributed by atoms with Crippen molar-refractivity contribution in [2.45, 2.75) is 24.5 Å². The number of rotatable bonds is 2. The molecule has 4 atom stereocenters. The number of hydrogen-bond donors (Lipinski definition) is 4. The van der Waals surface area contributed by atoms with Crippen molar-refractivity contribution in [1.82, 2.24) is 9.55 Å². The molecule has 2 heterocycles. The number of nitrogens with one attached hydrogen (secondary N) is 1. The first-order valence-electron chi connectivity index (χ1n) is 12.5. The van der Waals surface area contributed by atoms with Gasteiger partial charge in [0.25, 0.3) is 5.56 Å². The molecular weight excluding hydrogens is 496 g/mol. The molecule has 0 bridgehead atoms. The Hall–Kier alpha value is -4.52. The summed E-state index contributed by atoms with van der Waals surface area (Å²) in [4.78, 5) is 27.3. The van der Waals surface area contributed by atoms with E-state index in [-0.39, 0.29) is 5.56 Å². The summed E-state index contributed by atoms with van der Waals surface area (Å²) in [5, 5.41) is 38.8. The van der Waals surface area contributed by atoms with Crippen LogP contribution in [0.15, 0.2) is 82.5 Å². The minimum absolute atomic E-state index is 0.0118. The van der Waals surface area contributed by atoms with E-state index in [1.807, 2.05) is 30.3 Å². The molecule has 0 unspecified atom stereocenters. The van der Waals surface area contributed by atoms with Crippen LogP contribution in [0.1, 0.15) is 17.4 Å². The molecule has 5 aromatic carbocycles. The number of nitrogens with zero attached hydrogens (tertiary/aromatic N) is 1. The van der Waals surface area contributed by atoms with Crippen molar-refractivity contribution in [1.29, 1.82) is 0 Å². The zero-order chi connectivity index (χ0) is 26.8. The van der Waals surface area contributed by atoms with Gasteiger partial charge in [-0.2, -0.15) is 0 Å². The Bertz CT molecular complexity index is 2100. The summed E-state index contributed by atoms with van der Waals surface area (Å²) in [7, 11) is 0. The Labute approximate surface area is 220 Å². The van der Waals surface area contributed by atoms with E-state index in [1.165, 1.54) is 17.0 Å². The van der Waals surface area contributed by atoms with E-state index in [1.54, 1.807) is 0 Å². The van der Waals surface area contributed by atoms with Gasteiger partial charge >= 0.3 is 5.69 Å². The summed E-state index contributed by atoms with van der Waals surface area (Å²) in [6.45, 7) is -0.538. The number of aliphatic hydroxyl groups is 3. The summed E-state index contributed by atoms with van der Waals surface area (Å²) >= 11 is 0. The molecule has 192 valence electrons. The Morgan fingerprint density at radius 2 is 1.46 bits per heavy atom. The van der Waals surface area contributed by atoms with E-state index in [9.17, 15) is 24.9 Å². The molecule has 1 saturated heterocycles. The van der Waals surface area contributed by atoms with Crippen LogP contribution in [0, 0.1) is 11.8 Å². The highest BCUT2D eigenvalue weighted by Gasteiger charge is 2.43. The molecular formula is C31H22N2O6. The number of aliphatic hydroxyl groups excluding tert-OH is 3. The molecule has 0 amide bonds. The number of aromatic nitrogens is 2. The first-order chi connectivity index (χ1) is 18.9. The summed E-state index contributed by atoms with van der Waals surface area (Å²) < 4.78 is 6.43. The largest absolute Gasteiger partial charge is 0.394 e. The molecule has 0 aliphatic carbocycles. The van der Waals surface area contributed by atoms with E-state index >= 15 is 0 Å². The molecule has 4 N–H and O–H groups in total. The third kappa shape index (κ3) is 3.56. The summed E-state index contributed by atoms with van der Waals surface area (Å²) in [6, 6.07) is 22.7. The van der Waals surface area contributed by atoms with Crippen LogP contribution in [0.4, 0.5) is 0 Å².